The second-order valence-corrected chi connectivity index (χ2v) is 4.59. The highest BCUT2D eigenvalue weighted by Crippen LogP contribution is 2.32. The summed E-state index contributed by atoms with van der Waals surface area (Å²) in [5.41, 5.74) is -2.00. The van der Waals surface area contributed by atoms with Crippen LogP contribution in [0.3, 0.4) is 0 Å². The van der Waals surface area contributed by atoms with Gasteiger partial charge in [-0.1, -0.05) is 20.8 Å². The van der Waals surface area contributed by atoms with Gasteiger partial charge in [0, 0.05) is 0 Å². The van der Waals surface area contributed by atoms with Crippen LogP contribution in [0.4, 0.5) is 0 Å². The van der Waals surface area contributed by atoms with Crippen LogP contribution in [0.2, 0.25) is 0 Å². The van der Waals surface area contributed by atoms with Gasteiger partial charge in [-0.15, -0.1) is 0 Å². The zero-order valence-electron chi connectivity index (χ0n) is 9.47. The lowest BCUT2D eigenvalue weighted by atomic mass is 9.80. The molecule has 4 N–H and O–H groups in total. The maximum atomic E-state index is 11.4. The molecule has 0 saturated carbocycles. The Morgan fingerprint density at radius 3 is 2.25 bits per heavy atom. The molecule has 0 aromatic rings. The van der Waals surface area contributed by atoms with Crippen molar-refractivity contribution in [1.82, 2.24) is 5.32 Å². The molecule has 0 bridgehead atoms. The van der Waals surface area contributed by atoms with Gasteiger partial charge >= 0.3 is 5.97 Å². The number of carboxylic acid groups (broad SMARTS) is 1. The molecule has 1 fully saturated rings. The van der Waals surface area contributed by atoms with Gasteiger partial charge in [0.1, 0.15) is 6.10 Å². The number of carbonyl (C=O) groups is 2. The zero-order valence-corrected chi connectivity index (χ0v) is 9.47. The molecule has 0 spiro atoms. The average Bonchev–Trinajstić information content (AvgIpc) is 2.42. The van der Waals surface area contributed by atoms with Crippen molar-refractivity contribution in [2.24, 2.45) is 11.8 Å². The van der Waals surface area contributed by atoms with E-state index in [-0.39, 0.29) is 0 Å². The molecule has 6 heteroatoms. The van der Waals surface area contributed by atoms with Crippen LogP contribution in [0.1, 0.15) is 20.8 Å². The first-order valence-electron chi connectivity index (χ1n) is 5.16. The van der Waals surface area contributed by atoms with Crippen molar-refractivity contribution < 1.29 is 24.9 Å². The zero-order chi connectivity index (χ0) is 12.7. The van der Waals surface area contributed by atoms with Crippen LogP contribution in [-0.4, -0.2) is 44.9 Å². The Morgan fingerprint density at radius 2 is 2.00 bits per heavy atom. The van der Waals surface area contributed by atoms with E-state index >= 15 is 0 Å². The van der Waals surface area contributed by atoms with E-state index in [1.807, 2.05) is 0 Å². The standard InChI is InChI=1S/C10H17NO5/c1-4(2)6(12)10(9(15)16)7(13)5(3)8(14)11-10/h4-7,12-13H,1-3H3,(H,11,14)(H,15,16)/t5-,6?,7+,10-/m1/s1. The maximum Gasteiger partial charge on any atom is 0.334 e. The quantitative estimate of drug-likeness (QED) is 0.496. The van der Waals surface area contributed by atoms with Crippen LogP contribution in [-0.2, 0) is 9.59 Å². The molecule has 1 saturated heterocycles. The van der Waals surface area contributed by atoms with E-state index in [9.17, 15) is 19.8 Å². The van der Waals surface area contributed by atoms with E-state index < -0.39 is 41.5 Å². The van der Waals surface area contributed by atoms with E-state index in [4.69, 9.17) is 5.11 Å². The van der Waals surface area contributed by atoms with Crippen molar-refractivity contribution in [3.63, 3.8) is 0 Å². The van der Waals surface area contributed by atoms with Crippen molar-refractivity contribution >= 4 is 11.9 Å². The molecular formula is C10H17NO5. The summed E-state index contributed by atoms with van der Waals surface area (Å²) in [6, 6.07) is 0. The van der Waals surface area contributed by atoms with Gasteiger partial charge < -0.3 is 20.6 Å². The van der Waals surface area contributed by atoms with Crippen LogP contribution < -0.4 is 5.32 Å². The minimum absolute atomic E-state index is 0.392. The number of carbonyl (C=O) groups excluding carboxylic acids is 1. The number of aliphatic carboxylic acids is 1. The summed E-state index contributed by atoms with van der Waals surface area (Å²) in [5.74, 6) is -3.21. The summed E-state index contributed by atoms with van der Waals surface area (Å²) in [6.07, 6.45) is -2.77. The normalized spacial score (nSPS) is 36.2. The van der Waals surface area contributed by atoms with Crippen molar-refractivity contribution in [2.45, 2.75) is 38.5 Å². The van der Waals surface area contributed by atoms with Crippen molar-refractivity contribution in [1.29, 1.82) is 0 Å². The Morgan fingerprint density at radius 1 is 1.50 bits per heavy atom. The lowest BCUT2D eigenvalue weighted by Crippen LogP contribution is -2.65. The third-order valence-electron chi connectivity index (χ3n) is 3.14. The number of aliphatic hydroxyl groups is 2. The number of hydrogen-bond donors (Lipinski definition) is 4. The molecule has 1 aliphatic heterocycles. The van der Waals surface area contributed by atoms with Gasteiger partial charge in [-0.3, -0.25) is 4.79 Å². The molecule has 0 aliphatic carbocycles. The third kappa shape index (κ3) is 1.58. The molecule has 0 aromatic carbocycles. The van der Waals surface area contributed by atoms with Gasteiger partial charge in [-0.25, -0.2) is 4.79 Å². The predicted molar refractivity (Wildman–Crippen MR) is 54.5 cm³/mol. The van der Waals surface area contributed by atoms with Crippen LogP contribution >= 0.6 is 0 Å². The summed E-state index contributed by atoms with van der Waals surface area (Å²) < 4.78 is 0. The topological polar surface area (TPSA) is 107 Å². The molecule has 4 atom stereocenters. The smallest absolute Gasteiger partial charge is 0.334 e. The van der Waals surface area contributed by atoms with Crippen molar-refractivity contribution in [3.8, 4) is 0 Å². The van der Waals surface area contributed by atoms with Crippen molar-refractivity contribution in [3.05, 3.63) is 0 Å². The number of amides is 1. The summed E-state index contributed by atoms with van der Waals surface area (Å²) in [7, 11) is 0. The van der Waals surface area contributed by atoms with E-state index in [2.05, 4.69) is 5.32 Å². The first kappa shape index (κ1) is 12.9. The SMILES string of the molecule is CC(C)C(O)[C@@]1(C(=O)O)NC(=O)[C@H](C)[C@@H]1O. The minimum atomic E-state index is -2.00. The van der Waals surface area contributed by atoms with Gasteiger partial charge in [0.25, 0.3) is 0 Å². The molecule has 16 heavy (non-hydrogen) atoms. The predicted octanol–water partition coefficient (Wildman–Crippen LogP) is -1.05. The second-order valence-electron chi connectivity index (χ2n) is 4.59. The highest BCUT2D eigenvalue weighted by Gasteiger charge is 2.61. The number of hydrogen-bond acceptors (Lipinski definition) is 4. The molecule has 1 aliphatic rings. The van der Waals surface area contributed by atoms with Gasteiger partial charge in [0.15, 0.2) is 5.54 Å². The van der Waals surface area contributed by atoms with Crippen LogP contribution in [0.15, 0.2) is 0 Å². The Bertz CT molecular complexity index is 316. The van der Waals surface area contributed by atoms with Crippen LogP contribution in [0.25, 0.3) is 0 Å². The minimum Gasteiger partial charge on any atom is -0.479 e. The molecule has 0 radical (unpaired) electrons. The highest BCUT2D eigenvalue weighted by atomic mass is 16.4. The molecule has 0 aromatic heterocycles. The molecular weight excluding hydrogens is 214 g/mol. The van der Waals surface area contributed by atoms with Gasteiger partial charge in [-0.2, -0.15) is 0 Å². The second kappa shape index (κ2) is 4.03. The summed E-state index contributed by atoms with van der Waals surface area (Å²) in [5, 5.41) is 31.1. The lowest BCUT2D eigenvalue weighted by molar-refractivity contribution is -0.158. The van der Waals surface area contributed by atoms with Crippen LogP contribution in [0, 0.1) is 11.8 Å². The van der Waals surface area contributed by atoms with Gasteiger partial charge in [-0.05, 0) is 5.92 Å². The monoisotopic (exact) mass is 231 g/mol. The molecule has 1 amide bonds. The van der Waals surface area contributed by atoms with Gasteiger partial charge in [0.05, 0.1) is 12.0 Å². The Hall–Kier alpha value is -1.14. The molecule has 1 heterocycles. The summed E-state index contributed by atoms with van der Waals surface area (Å²) >= 11 is 0. The third-order valence-corrected chi connectivity index (χ3v) is 3.14. The van der Waals surface area contributed by atoms with Crippen molar-refractivity contribution in [2.75, 3.05) is 0 Å². The fraction of sp³-hybridized carbons (Fsp3) is 0.800. The number of aliphatic hydroxyl groups excluding tert-OH is 2. The fourth-order valence-electron chi connectivity index (χ4n) is 2.01. The fourth-order valence-corrected chi connectivity index (χ4v) is 2.01. The maximum absolute atomic E-state index is 11.4. The van der Waals surface area contributed by atoms with E-state index in [0.29, 0.717) is 0 Å². The van der Waals surface area contributed by atoms with Gasteiger partial charge in [0.2, 0.25) is 5.91 Å². The Labute approximate surface area is 93.3 Å². The molecule has 92 valence electrons. The largest absolute Gasteiger partial charge is 0.479 e. The highest BCUT2D eigenvalue weighted by molar-refractivity contribution is 5.94. The molecule has 1 rings (SSSR count). The molecule has 1 unspecified atom stereocenters. The van der Waals surface area contributed by atoms with E-state index in [1.165, 1.54) is 6.92 Å². The average molecular weight is 231 g/mol. The number of nitrogens with one attached hydrogen (secondary N) is 1. The Kier molecular flexibility index (Phi) is 3.25. The molecule has 6 nitrogen and oxygen atoms in total. The van der Waals surface area contributed by atoms with E-state index in [0.717, 1.165) is 0 Å². The first-order valence-corrected chi connectivity index (χ1v) is 5.16. The Balaban J connectivity index is 3.18. The first-order chi connectivity index (χ1) is 7.25. The van der Waals surface area contributed by atoms with Crippen LogP contribution in [0.5, 0.6) is 0 Å². The number of carboxylic acids is 1. The summed E-state index contributed by atoms with van der Waals surface area (Å²) in [6.45, 7) is 4.67. The number of rotatable bonds is 3. The summed E-state index contributed by atoms with van der Waals surface area (Å²) in [4.78, 5) is 22.6. The van der Waals surface area contributed by atoms with E-state index in [1.54, 1.807) is 13.8 Å². The lowest BCUT2D eigenvalue weighted by Gasteiger charge is -2.35.